The Morgan fingerprint density at radius 1 is 1.17 bits per heavy atom. The van der Waals surface area contributed by atoms with Crippen LogP contribution in [0.25, 0.3) is 0 Å². The molecule has 0 spiro atoms. The van der Waals surface area contributed by atoms with Crippen molar-refractivity contribution in [3.05, 3.63) is 42.1 Å². The van der Waals surface area contributed by atoms with Crippen LogP contribution < -0.4 is 9.80 Å². The largest absolute Gasteiger partial charge is 0.355 e. The Labute approximate surface area is 144 Å². The molecular formula is C19H27N5. The number of hydrogen-bond acceptors (Lipinski definition) is 5. The van der Waals surface area contributed by atoms with Crippen molar-refractivity contribution in [2.24, 2.45) is 5.92 Å². The van der Waals surface area contributed by atoms with Crippen molar-refractivity contribution in [1.82, 2.24) is 15.2 Å². The fourth-order valence-corrected chi connectivity index (χ4v) is 3.06. The second kappa shape index (κ2) is 7.60. The molecule has 1 fully saturated rings. The van der Waals surface area contributed by atoms with E-state index in [0.717, 1.165) is 31.4 Å². The van der Waals surface area contributed by atoms with Crippen LogP contribution in [0.4, 0.5) is 11.8 Å². The first kappa shape index (κ1) is 16.7. The number of anilines is 2. The average Bonchev–Trinajstić information content (AvgIpc) is 2.61. The first-order valence-electron chi connectivity index (χ1n) is 8.88. The third kappa shape index (κ3) is 4.02. The molecule has 2 heterocycles. The third-order valence-corrected chi connectivity index (χ3v) is 4.72. The highest BCUT2D eigenvalue weighted by Crippen LogP contribution is 2.23. The summed E-state index contributed by atoms with van der Waals surface area (Å²) in [6.45, 7) is 9.56. The maximum absolute atomic E-state index is 4.82. The summed E-state index contributed by atoms with van der Waals surface area (Å²) in [5.74, 6) is 2.47. The van der Waals surface area contributed by atoms with E-state index in [9.17, 15) is 0 Å². The molecule has 0 atom stereocenters. The van der Waals surface area contributed by atoms with Gasteiger partial charge in [-0.2, -0.15) is 10.1 Å². The highest BCUT2D eigenvalue weighted by molar-refractivity contribution is 5.43. The van der Waals surface area contributed by atoms with Crippen LogP contribution in [-0.4, -0.2) is 34.3 Å². The summed E-state index contributed by atoms with van der Waals surface area (Å²) < 4.78 is 0. The van der Waals surface area contributed by atoms with Crippen molar-refractivity contribution in [3.63, 3.8) is 0 Å². The maximum atomic E-state index is 4.82. The summed E-state index contributed by atoms with van der Waals surface area (Å²) in [6, 6.07) is 10.8. The van der Waals surface area contributed by atoms with E-state index < -0.39 is 0 Å². The van der Waals surface area contributed by atoms with E-state index in [0.29, 0.717) is 12.0 Å². The van der Waals surface area contributed by atoms with Crippen LogP contribution in [0.2, 0.25) is 0 Å². The van der Waals surface area contributed by atoms with Crippen LogP contribution in [0.3, 0.4) is 0 Å². The Balaban J connectivity index is 1.79. The van der Waals surface area contributed by atoms with Gasteiger partial charge in [0.15, 0.2) is 5.82 Å². The monoisotopic (exact) mass is 325 g/mol. The average molecular weight is 325 g/mol. The van der Waals surface area contributed by atoms with E-state index in [1.165, 1.54) is 18.4 Å². The standard InChI is InChI=1S/C19H27N5/c1-15(2)24(14-17-7-5-4-6-8-17)19-21-18(13-20-22-19)23-11-9-16(3)10-12-23/h4-8,13,15-16H,9-12,14H2,1-3H3. The van der Waals surface area contributed by atoms with Crippen LogP contribution >= 0.6 is 0 Å². The molecule has 5 nitrogen and oxygen atoms in total. The predicted molar refractivity (Wildman–Crippen MR) is 98.2 cm³/mol. The van der Waals surface area contributed by atoms with E-state index in [2.05, 4.69) is 65.0 Å². The van der Waals surface area contributed by atoms with E-state index in [4.69, 9.17) is 4.98 Å². The van der Waals surface area contributed by atoms with Gasteiger partial charge in [-0.25, -0.2) is 0 Å². The van der Waals surface area contributed by atoms with Gasteiger partial charge in [0, 0.05) is 25.7 Å². The van der Waals surface area contributed by atoms with Crippen molar-refractivity contribution in [2.75, 3.05) is 22.9 Å². The number of hydrogen-bond donors (Lipinski definition) is 0. The Morgan fingerprint density at radius 3 is 2.54 bits per heavy atom. The lowest BCUT2D eigenvalue weighted by molar-refractivity contribution is 0.436. The SMILES string of the molecule is CC1CCN(c2cnnc(N(Cc3ccccc3)C(C)C)n2)CC1. The molecule has 128 valence electrons. The number of benzene rings is 1. The lowest BCUT2D eigenvalue weighted by atomic mass is 9.99. The lowest BCUT2D eigenvalue weighted by Gasteiger charge is -2.32. The Kier molecular flexibility index (Phi) is 5.28. The first-order chi connectivity index (χ1) is 11.6. The minimum Gasteiger partial charge on any atom is -0.355 e. The van der Waals surface area contributed by atoms with Crippen molar-refractivity contribution in [1.29, 1.82) is 0 Å². The molecule has 5 heteroatoms. The molecule has 1 saturated heterocycles. The van der Waals surface area contributed by atoms with E-state index in [1.54, 1.807) is 6.20 Å². The molecule has 1 aliphatic heterocycles. The van der Waals surface area contributed by atoms with Gasteiger partial charge in [-0.1, -0.05) is 37.3 Å². The zero-order valence-electron chi connectivity index (χ0n) is 14.9. The van der Waals surface area contributed by atoms with Gasteiger partial charge in [-0.05, 0) is 38.2 Å². The second-order valence-corrected chi connectivity index (χ2v) is 6.99. The van der Waals surface area contributed by atoms with Crippen LogP contribution in [0.5, 0.6) is 0 Å². The fourth-order valence-electron chi connectivity index (χ4n) is 3.06. The first-order valence-corrected chi connectivity index (χ1v) is 8.88. The van der Waals surface area contributed by atoms with Crippen molar-refractivity contribution < 1.29 is 0 Å². The van der Waals surface area contributed by atoms with Gasteiger partial charge in [0.1, 0.15) is 0 Å². The number of nitrogens with zero attached hydrogens (tertiary/aromatic N) is 5. The molecular weight excluding hydrogens is 298 g/mol. The van der Waals surface area contributed by atoms with E-state index in [1.807, 2.05) is 6.07 Å². The molecule has 24 heavy (non-hydrogen) atoms. The summed E-state index contributed by atoms with van der Waals surface area (Å²) in [5.41, 5.74) is 1.26. The second-order valence-electron chi connectivity index (χ2n) is 6.99. The minimum atomic E-state index is 0.309. The minimum absolute atomic E-state index is 0.309. The molecule has 3 rings (SSSR count). The molecule has 0 bridgehead atoms. The van der Waals surface area contributed by atoms with Gasteiger partial charge in [-0.15, -0.1) is 5.10 Å². The Bertz CT molecular complexity index is 635. The maximum Gasteiger partial charge on any atom is 0.247 e. The molecule has 0 amide bonds. The molecule has 0 saturated carbocycles. The van der Waals surface area contributed by atoms with E-state index >= 15 is 0 Å². The number of aromatic nitrogens is 3. The van der Waals surface area contributed by atoms with Gasteiger partial charge in [0.25, 0.3) is 0 Å². The zero-order valence-corrected chi connectivity index (χ0v) is 14.9. The summed E-state index contributed by atoms with van der Waals surface area (Å²) in [6.07, 6.45) is 4.23. The highest BCUT2D eigenvalue weighted by atomic mass is 15.4. The number of rotatable bonds is 5. The molecule has 0 unspecified atom stereocenters. The molecule has 1 aromatic carbocycles. The molecule has 0 N–H and O–H groups in total. The fraction of sp³-hybridized carbons (Fsp3) is 0.526. The number of piperidine rings is 1. The van der Waals surface area contributed by atoms with Gasteiger partial charge in [0.2, 0.25) is 5.95 Å². The normalized spacial score (nSPS) is 15.8. The lowest BCUT2D eigenvalue weighted by Crippen LogP contribution is -2.35. The summed E-state index contributed by atoms with van der Waals surface area (Å²) in [4.78, 5) is 9.36. The van der Waals surface area contributed by atoms with Crippen molar-refractivity contribution in [2.45, 2.75) is 46.2 Å². The van der Waals surface area contributed by atoms with Gasteiger partial charge in [0.05, 0.1) is 6.20 Å². The topological polar surface area (TPSA) is 45.2 Å². The van der Waals surface area contributed by atoms with Crippen LogP contribution in [0.15, 0.2) is 36.5 Å². The van der Waals surface area contributed by atoms with Crippen LogP contribution in [0, 0.1) is 5.92 Å². The molecule has 0 radical (unpaired) electrons. The predicted octanol–water partition coefficient (Wildman–Crippen LogP) is 3.52. The molecule has 2 aromatic rings. The van der Waals surface area contributed by atoms with Crippen LogP contribution in [-0.2, 0) is 6.54 Å². The van der Waals surface area contributed by atoms with Gasteiger partial charge >= 0.3 is 0 Å². The highest BCUT2D eigenvalue weighted by Gasteiger charge is 2.20. The smallest absolute Gasteiger partial charge is 0.247 e. The molecule has 1 aliphatic rings. The van der Waals surface area contributed by atoms with Gasteiger partial charge < -0.3 is 9.80 Å². The third-order valence-electron chi connectivity index (χ3n) is 4.72. The van der Waals surface area contributed by atoms with Crippen molar-refractivity contribution >= 4 is 11.8 Å². The summed E-state index contributed by atoms with van der Waals surface area (Å²) >= 11 is 0. The van der Waals surface area contributed by atoms with Gasteiger partial charge in [-0.3, -0.25) is 0 Å². The Morgan fingerprint density at radius 2 is 1.88 bits per heavy atom. The van der Waals surface area contributed by atoms with Crippen molar-refractivity contribution in [3.8, 4) is 0 Å². The van der Waals surface area contributed by atoms with Crippen LogP contribution in [0.1, 0.15) is 39.2 Å². The zero-order chi connectivity index (χ0) is 16.9. The summed E-state index contributed by atoms with van der Waals surface area (Å²) in [5, 5.41) is 8.53. The summed E-state index contributed by atoms with van der Waals surface area (Å²) in [7, 11) is 0. The van der Waals surface area contributed by atoms with E-state index in [-0.39, 0.29) is 0 Å². The quantitative estimate of drug-likeness (QED) is 0.841. The molecule has 1 aromatic heterocycles. The Hall–Kier alpha value is -2.17. The molecule has 0 aliphatic carbocycles.